The van der Waals surface area contributed by atoms with E-state index in [9.17, 15) is 9.59 Å². The highest BCUT2D eigenvalue weighted by Gasteiger charge is 2.22. The second-order valence-corrected chi connectivity index (χ2v) is 7.54. The van der Waals surface area contributed by atoms with E-state index in [1.165, 1.54) is 0 Å². The van der Waals surface area contributed by atoms with Gasteiger partial charge in [-0.05, 0) is 43.7 Å². The molecule has 1 aromatic rings. The van der Waals surface area contributed by atoms with Gasteiger partial charge in [0.25, 0.3) is 0 Å². The first-order valence-electron chi connectivity index (χ1n) is 9.99. The van der Waals surface area contributed by atoms with Crippen molar-refractivity contribution in [3.05, 3.63) is 35.9 Å². The number of carbonyl (C=O) groups excluding carboxylic acids is 2. The van der Waals surface area contributed by atoms with Gasteiger partial charge in [-0.1, -0.05) is 50.6 Å². The molecule has 0 heterocycles. The summed E-state index contributed by atoms with van der Waals surface area (Å²) in [7, 11) is 0. The fraction of sp³-hybridized carbons (Fsp3) is 0.619. The van der Waals surface area contributed by atoms with Crippen LogP contribution in [-0.4, -0.2) is 37.0 Å². The van der Waals surface area contributed by atoms with Crippen molar-refractivity contribution in [3.63, 3.8) is 0 Å². The van der Waals surface area contributed by atoms with Crippen LogP contribution >= 0.6 is 0 Å². The van der Waals surface area contributed by atoms with Crippen molar-refractivity contribution >= 4 is 11.8 Å². The molecular formula is C21H36N4O2. The zero-order chi connectivity index (χ0) is 20.1. The van der Waals surface area contributed by atoms with Gasteiger partial charge in [0, 0.05) is 19.0 Å². The molecule has 0 fully saturated rings. The Morgan fingerprint density at radius 3 is 2.41 bits per heavy atom. The Bertz CT molecular complexity index is 548. The smallest absolute Gasteiger partial charge is 0.242 e. The van der Waals surface area contributed by atoms with E-state index in [-0.39, 0.29) is 17.9 Å². The van der Waals surface area contributed by atoms with Gasteiger partial charge < -0.3 is 22.1 Å². The molecule has 2 amide bonds. The number of hydrogen-bond acceptors (Lipinski definition) is 4. The summed E-state index contributed by atoms with van der Waals surface area (Å²) in [5, 5.41) is 5.77. The largest absolute Gasteiger partial charge is 0.353 e. The van der Waals surface area contributed by atoms with E-state index in [1.54, 1.807) is 0 Å². The molecule has 0 saturated carbocycles. The van der Waals surface area contributed by atoms with E-state index in [2.05, 4.69) is 10.6 Å². The Morgan fingerprint density at radius 1 is 1.07 bits per heavy atom. The third-order valence-corrected chi connectivity index (χ3v) is 4.35. The summed E-state index contributed by atoms with van der Waals surface area (Å²) in [4.78, 5) is 24.7. The SMILES string of the molecule is CC(C)C[C@H](NC(=O)CCCCCN)C(=O)NC[C@H](N)Cc1ccccc1. The molecule has 0 bridgehead atoms. The monoisotopic (exact) mass is 376 g/mol. The number of amides is 2. The third-order valence-electron chi connectivity index (χ3n) is 4.35. The molecule has 0 unspecified atom stereocenters. The highest BCUT2D eigenvalue weighted by Crippen LogP contribution is 2.07. The molecule has 6 N–H and O–H groups in total. The van der Waals surface area contributed by atoms with Crippen molar-refractivity contribution in [2.75, 3.05) is 13.1 Å². The molecule has 6 nitrogen and oxygen atoms in total. The maximum absolute atomic E-state index is 12.5. The lowest BCUT2D eigenvalue weighted by Gasteiger charge is -2.21. The van der Waals surface area contributed by atoms with E-state index < -0.39 is 6.04 Å². The van der Waals surface area contributed by atoms with Gasteiger partial charge in [-0.2, -0.15) is 0 Å². The normalized spacial score (nSPS) is 13.2. The highest BCUT2D eigenvalue weighted by atomic mass is 16.2. The van der Waals surface area contributed by atoms with E-state index in [4.69, 9.17) is 11.5 Å². The average Bonchev–Trinajstić information content (AvgIpc) is 2.63. The minimum atomic E-state index is -0.518. The number of rotatable bonds is 13. The van der Waals surface area contributed by atoms with E-state index in [1.807, 2.05) is 44.2 Å². The van der Waals surface area contributed by atoms with Gasteiger partial charge in [0.05, 0.1) is 0 Å². The predicted molar refractivity (Wildman–Crippen MR) is 110 cm³/mol. The van der Waals surface area contributed by atoms with Gasteiger partial charge in [0.2, 0.25) is 11.8 Å². The maximum atomic E-state index is 12.5. The van der Waals surface area contributed by atoms with Gasteiger partial charge in [0.15, 0.2) is 0 Å². The lowest BCUT2D eigenvalue weighted by atomic mass is 10.0. The number of nitrogens with one attached hydrogen (secondary N) is 2. The van der Waals surface area contributed by atoms with Crippen molar-refractivity contribution in [1.82, 2.24) is 10.6 Å². The second-order valence-electron chi connectivity index (χ2n) is 7.54. The summed E-state index contributed by atoms with van der Waals surface area (Å²) in [6.45, 7) is 5.10. The zero-order valence-electron chi connectivity index (χ0n) is 16.7. The minimum Gasteiger partial charge on any atom is -0.353 e. The third kappa shape index (κ3) is 10.7. The van der Waals surface area contributed by atoms with Crippen molar-refractivity contribution < 1.29 is 9.59 Å². The summed E-state index contributed by atoms with van der Waals surface area (Å²) in [5.41, 5.74) is 12.7. The second kappa shape index (κ2) is 13.3. The first kappa shape index (κ1) is 23.1. The summed E-state index contributed by atoms with van der Waals surface area (Å²) in [6, 6.07) is 9.28. The minimum absolute atomic E-state index is 0.0820. The van der Waals surface area contributed by atoms with Gasteiger partial charge in [0.1, 0.15) is 6.04 Å². The Kier molecular flexibility index (Phi) is 11.4. The summed E-state index contributed by atoms with van der Waals surface area (Å²) >= 11 is 0. The van der Waals surface area contributed by atoms with Gasteiger partial charge in [-0.15, -0.1) is 0 Å². The topological polar surface area (TPSA) is 110 Å². The molecule has 0 aliphatic rings. The van der Waals surface area contributed by atoms with Crippen LogP contribution in [0.3, 0.4) is 0 Å². The molecule has 0 aliphatic carbocycles. The molecular weight excluding hydrogens is 340 g/mol. The predicted octanol–water partition coefficient (Wildman–Crippen LogP) is 1.72. The first-order valence-corrected chi connectivity index (χ1v) is 9.99. The molecule has 0 saturated heterocycles. The lowest BCUT2D eigenvalue weighted by Crippen LogP contribution is -2.50. The average molecular weight is 377 g/mol. The lowest BCUT2D eigenvalue weighted by molar-refractivity contribution is -0.129. The quantitative estimate of drug-likeness (QED) is 0.393. The maximum Gasteiger partial charge on any atom is 0.242 e. The molecule has 0 aliphatic heterocycles. The van der Waals surface area contributed by atoms with Crippen molar-refractivity contribution in [2.24, 2.45) is 17.4 Å². The van der Waals surface area contributed by atoms with Crippen molar-refractivity contribution in [1.29, 1.82) is 0 Å². The van der Waals surface area contributed by atoms with Crippen molar-refractivity contribution in [2.45, 2.75) is 64.5 Å². The summed E-state index contributed by atoms with van der Waals surface area (Å²) < 4.78 is 0. The number of carbonyl (C=O) groups is 2. The Morgan fingerprint density at radius 2 is 1.78 bits per heavy atom. The summed E-state index contributed by atoms with van der Waals surface area (Å²) in [6.07, 6.45) is 4.37. The summed E-state index contributed by atoms with van der Waals surface area (Å²) in [5.74, 6) is 0.0557. The van der Waals surface area contributed by atoms with Crippen LogP contribution in [0.5, 0.6) is 0 Å². The molecule has 1 aromatic carbocycles. The van der Waals surface area contributed by atoms with Crippen LogP contribution in [0, 0.1) is 5.92 Å². The molecule has 2 atom stereocenters. The molecule has 0 aromatic heterocycles. The van der Waals surface area contributed by atoms with Gasteiger partial charge in [-0.25, -0.2) is 0 Å². The number of benzene rings is 1. The fourth-order valence-electron chi connectivity index (χ4n) is 2.92. The zero-order valence-corrected chi connectivity index (χ0v) is 16.7. The Hall–Kier alpha value is -1.92. The van der Waals surface area contributed by atoms with Crippen LogP contribution in [0.25, 0.3) is 0 Å². The number of hydrogen-bond donors (Lipinski definition) is 4. The number of unbranched alkanes of at least 4 members (excludes halogenated alkanes) is 2. The molecule has 152 valence electrons. The van der Waals surface area contributed by atoms with Crippen LogP contribution in [-0.2, 0) is 16.0 Å². The van der Waals surface area contributed by atoms with Gasteiger partial charge in [-0.3, -0.25) is 9.59 Å². The van der Waals surface area contributed by atoms with E-state index in [0.29, 0.717) is 38.3 Å². The van der Waals surface area contributed by atoms with Crippen LogP contribution in [0.4, 0.5) is 0 Å². The molecule has 0 radical (unpaired) electrons. The van der Waals surface area contributed by atoms with Crippen molar-refractivity contribution in [3.8, 4) is 0 Å². The number of nitrogens with two attached hydrogens (primary N) is 2. The highest BCUT2D eigenvalue weighted by molar-refractivity contribution is 5.87. The van der Waals surface area contributed by atoms with E-state index in [0.717, 1.165) is 24.8 Å². The molecule has 6 heteroatoms. The molecule has 1 rings (SSSR count). The van der Waals surface area contributed by atoms with Crippen LogP contribution in [0.1, 0.15) is 51.5 Å². The Balaban J connectivity index is 2.45. The molecule has 27 heavy (non-hydrogen) atoms. The first-order chi connectivity index (χ1) is 12.9. The van der Waals surface area contributed by atoms with Gasteiger partial charge >= 0.3 is 0 Å². The van der Waals surface area contributed by atoms with Crippen LogP contribution in [0.15, 0.2) is 30.3 Å². The Labute approximate surface area is 163 Å². The van der Waals surface area contributed by atoms with Crippen LogP contribution in [0.2, 0.25) is 0 Å². The van der Waals surface area contributed by atoms with Crippen LogP contribution < -0.4 is 22.1 Å². The standard InChI is InChI=1S/C21H36N4O2/c1-16(2)13-19(25-20(26)11-7-4-8-12-22)21(27)24-15-18(23)14-17-9-5-3-6-10-17/h3,5-6,9-10,16,18-19H,4,7-8,11-15,22-23H2,1-2H3,(H,24,27)(H,25,26)/t18-,19+/m1/s1. The van der Waals surface area contributed by atoms with E-state index >= 15 is 0 Å². The molecule has 0 spiro atoms. The fourth-order valence-corrected chi connectivity index (χ4v) is 2.92.